The summed E-state index contributed by atoms with van der Waals surface area (Å²) in [4.78, 5) is 2.48. The van der Waals surface area contributed by atoms with Gasteiger partial charge in [-0.1, -0.05) is 24.3 Å². The van der Waals surface area contributed by atoms with E-state index < -0.39 is 0 Å². The number of hydrogen-bond acceptors (Lipinski definition) is 3. The second kappa shape index (κ2) is 7.92. The van der Waals surface area contributed by atoms with Gasteiger partial charge in [0.25, 0.3) is 0 Å². The van der Waals surface area contributed by atoms with E-state index in [1.54, 1.807) is 7.11 Å². The molecule has 1 aliphatic rings. The third-order valence-corrected chi connectivity index (χ3v) is 5.28. The van der Waals surface area contributed by atoms with Crippen molar-refractivity contribution >= 4 is 0 Å². The number of likely N-dealkylation sites (tertiary alicyclic amines) is 1. The van der Waals surface area contributed by atoms with Crippen LogP contribution in [0.5, 0.6) is 5.75 Å². The van der Waals surface area contributed by atoms with Gasteiger partial charge in [-0.3, -0.25) is 10.00 Å². The van der Waals surface area contributed by atoms with Crippen LogP contribution in [0.25, 0.3) is 11.1 Å². The van der Waals surface area contributed by atoms with Gasteiger partial charge in [-0.15, -0.1) is 0 Å². The number of aromatic amines is 1. The Labute approximate surface area is 159 Å². The second-order valence-electron chi connectivity index (χ2n) is 7.13. The zero-order valence-electron chi connectivity index (χ0n) is 15.5. The number of benzene rings is 2. The van der Waals surface area contributed by atoms with Crippen LogP contribution in [0, 0.1) is 5.82 Å². The lowest BCUT2D eigenvalue weighted by Gasteiger charge is -2.32. The Kier molecular flexibility index (Phi) is 5.21. The Balaban J connectivity index is 1.50. The number of ether oxygens (including phenoxy) is 1. The van der Waals surface area contributed by atoms with Crippen LogP contribution in [0.1, 0.15) is 30.0 Å². The molecule has 0 spiro atoms. The van der Waals surface area contributed by atoms with E-state index in [4.69, 9.17) is 4.74 Å². The molecule has 1 N–H and O–H groups in total. The van der Waals surface area contributed by atoms with Gasteiger partial charge < -0.3 is 4.74 Å². The molecule has 4 rings (SSSR count). The molecule has 1 saturated heterocycles. The van der Waals surface area contributed by atoms with Crippen molar-refractivity contribution in [3.63, 3.8) is 0 Å². The molecular weight excluding hydrogens is 341 g/mol. The maximum absolute atomic E-state index is 13.3. The topological polar surface area (TPSA) is 41.1 Å². The van der Waals surface area contributed by atoms with E-state index in [9.17, 15) is 4.39 Å². The number of nitrogens with one attached hydrogen (secondary N) is 1. The summed E-state index contributed by atoms with van der Waals surface area (Å²) in [7, 11) is 1.70. The van der Waals surface area contributed by atoms with Crippen molar-refractivity contribution in [1.82, 2.24) is 15.1 Å². The predicted octanol–water partition coefficient (Wildman–Crippen LogP) is 4.60. The zero-order chi connectivity index (χ0) is 18.6. The fraction of sp³-hybridized carbons (Fsp3) is 0.318. The summed E-state index contributed by atoms with van der Waals surface area (Å²) in [5.74, 6) is 1.08. The first-order valence-corrected chi connectivity index (χ1v) is 9.37. The van der Waals surface area contributed by atoms with Crippen LogP contribution >= 0.6 is 0 Å². The molecule has 0 amide bonds. The number of nitrogens with zero attached hydrogens (tertiary/aromatic N) is 2. The van der Waals surface area contributed by atoms with E-state index in [2.05, 4.69) is 27.2 Å². The average molecular weight is 365 g/mol. The van der Waals surface area contributed by atoms with Crippen molar-refractivity contribution in [2.24, 2.45) is 0 Å². The van der Waals surface area contributed by atoms with Crippen LogP contribution in [0.2, 0.25) is 0 Å². The number of hydrogen-bond donors (Lipinski definition) is 1. The summed E-state index contributed by atoms with van der Waals surface area (Å²) < 4.78 is 18.6. The number of aromatic nitrogens is 2. The summed E-state index contributed by atoms with van der Waals surface area (Å²) >= 11 is 0. The van der Waals surface area contributed by atoms with Crippen LogP contribution in [0.15, 0.2) is 54.7 Å². The van der Waals surface area contributed by atoms with Crippen molar-refractivity contribution in [2.45, 2.75) is 25.3 Å². The first-order chi connectivity index (χ1) is 13.2. The summed E-state index contributed by atoms with van der Waals surface area (Å²) in [6.07, 6.45) is 4.13. The van der Waals surface area contributed by atoms with Gasteiger partial charge in [0.05, 0.1) is 13.3 Å². The first kappa shape index (κ1) is 17.7. The van der Waals surface area contributed by atoms with E-state index in [1.807, 2.05) is 30.5 Å². The van der Waals surface area contributed by atoms with E-state index in [0.29, 0.717) is 5.92 Å². The van der Waals surface area contributed by atoms with Gasteiger partial charge in [-0.25, -0.2) is 4.39 Å². The van der Waals surface area contributed by atoms with Gasteiger partial charge in [0.2, 0.25) is 0 Å². The number of methoxy groups -OCH3 is 1. The van der Waals surface area contributed by atoms with Crippen LogP contribution in [-0.2, 0) is 6.54 Å². The minimum atomic E-state index is -0.217. The maximum atomic E-state index is 13.3. The maximum Gasteiger partial charge on any atom is 0.123 e. The monoisotopic (exact) mass is 365 g/mol. The largest absolute Gasteiger partial charge is 0.497 e. The SMILES string of the molecule is COc1cccc(CN2CCCC(c3[nH]ncc3-c3ccc(F)cc3)C2)c1. The molecule has 27 heavy (non-hydrogen) atoms. The lowest BCUT2D eigenvalue weighted by molar-refractivity contribution is 0.198. The van der Waals surface area contributed by atoms with Gasteiger partial charge >= 0.3 is 0 Å². The molecule has 0 saturated carbocycles. The number of piperidine rings is 1. The first-order valence-electron chi connectivity index (χ1n) is 9.37. The highest BCUT2D eigenvalue weighted by Crippen LogP contribution is 2.33. The van der Waals surface area contributed by atoms with E-state index in [0.717, 1.165) is 55.0 Å². The van der Waals surface area contributed by atoms with E-state index in [-0.39, 0.29) is 5.82 Å². The standard InChI is InChI=1S/C22H24FN3O/c1-27-20-6-2-4-16(12-20)14-26-11-3-5-18(15-26)22-21(13-24-25-22)17-7-9-19(23)10-8-17/h2,4,6-10,12-13,18H,3,5,11,14-15H2,1H3,(H,24,25). The third-order valence-electron chi connectivity index (χ3n) is 5.28. The summed E-state index contributed by atoms with van der Waals surface area (Å²) in [6.45, 7) is 2.98. The third kappa shape index (κ3) is 4.03. The summed E-state index contributed by atoms with van der Waals surface area (Å²) in [5.41, 5.74) is 4.49. The molecule has 5 heteroatoms. The molecule has 0 radical (unpaired) electrons. The fourth-order valence-corrected chi connectivity index (χ4v) is 3.93. The quantitative estimate of drug-likeness (QED) is 0.718. The Morgan fingerprint density at radius 1 is 1.22 bits per heavy atom. The molecule has 1 aromatic heterocycles. The fourth-order valence-electron chi connectivity index (χ4n) is 3.93. The molecule has 0 aliphatic carbocycles. The van der Waals surface area contributed by atoms with Crippen molar-refractivity contribution < 1.29 is 9.13 Å². The molecule has 140 valence electrons. The van der Waals surface area contributed by atoms with Gasteiger partial charge in [0.15, 0.2) is 0 Å². The number of H-pyrrole nitrogens is 1. The van der Waals surface area contributed by atoms with Gasteiger partial charge in [0, 0.05) is 30.3 Å². The Morgan fingerprint density at radius 2 is 2.07 bits per heavy atom. The highest BCUT2D eigenvalue weighted by Gasteiger charge is 2.25. The minimum absolute atomic E-state index is 0.217. The van der Waals surface area contributed by atoms with Gasteiger partial charge in [-0.05, 0) is 54.8 Å². The smallest absolute Gasteiger partial charge is 0.123 e. The Morgan fingerprint density at radius 3 is 2.89 bits per heavy atom. The normalized spacial score (nSPS) is 17.8. The van der Waals surface area contributed by atoms with Crippen molar-refractivity contribution in [3.8, 4) is 16.9 Å². The molecule has 3 aromatic rings. The Hall–Kier alpha value is -2.66. The molecule has 2 aromatic carbocycles. The molecule has 0 bridgehead atoms. The summed E-state index contributed by atoms with van der Waals surface area (Å²) in [5, 5.41) is 7.47. The molecule has 2 heterocycles. The molecule has 1 unspecified atom stereocenters. The minimum Gasteiger partial charge on any atom is -0.497 e. The predicted molar refractivity (Wildman–Crippen MR) is 104 cm³/mol. The molecule has 1 aliphatic heterocycles. The van der Waals surface area contributed by atoms with Crippen LogP contribution in [-0.4, -0.2) is 35.3 Å². The van der Waals surface area contributed by atoms with Crippen molar-refractivity contribution in [2.75, 3.05) is 20.2 Å². The average Bonchev–Trinajstić information content (AvgIpc) is 3.19. The van der Waals surface area contributed by atoms with Crippen LogP contribution < -0.4 is 4.74 Å². The zero-order valence-corrected chi connectivity index (χ0v) is 15.5. The molecule has 1 atom stereocenters. The highest BCUT2D eigenvalue weighted by atomic mass is 19.1. The highest BCUT2D eigenvalue weighted by molar-refractivity contribution is 5.65. The van der Waals surface area contributed by atoms with E-state index >= 15 is 0 Å². The lowest BCUT2D eigenvalue weighted by atomic mass is 9.90. The van der Waals surface area contributed by atoms with Crippen molar-refractivity contribution in [3.05, 3.63) is 71.8 Å². The van der Waals surface area contributed by atoms with Gasteiger partial charge in [0.1, 0.15) is 11.6 Å². The lowest BCUT2D eigenvalue weighted by Crippen LogP contribution is -2.34. The van der Waals surface area contributed by atoms with Crippen LogP contribution in [0.3, 0.4) is 0 Å². The van der Waals surface area contributed by atoms with E-state index in [1.165, 1.54) is 17.7 Å². The second-order valence-corrected chi connectivity index (χ2v) is 7.13. The molecule has 4 nitrogen and oxygen atoms in total. The molecule has 1 fully saturated rings. The van der Waals surface area contributed by atoms with Gasteiger partial charge in [-0.2, -0.15) is 5.10 Å². The van der Waals surface area contributed by atoms with Crippen molar-refractivity contribution in [1.29, 1.82) is 0 Å². The molecular formula is C22H24FN3O. The Bertz CT molecular complexity index is 891. The van der Waals surface area contributed by atoms with Crippen LogP contribution in [0.4, 0.5) is 4.39 Å². The number of halogens is 1. The summed E-state index contributed by atoms with van der Waals surface area (Å²) in [6, 6.07) is 14.9. The number of rotatable bonds is 5.